The summed E-state index contributed by atoms with van der Waals surface area (Å²) in [6.07, 6.45) is 0.770. The van der Waals surface area contributed by atoms with E-state index in [1.165, 1.54) is 16.4 Å². The molecule has 8 heteroatoms. The Kier molecular flexibility index (Phi) is 5.65. The number of hydrogen-bond donors (Lipinski definition) is 2. The highest BCUT2D eigenvalue weighted by molar-refractivity contribution is 7.99. The zero-order chi connectivity index (χ0) is 15.9. The lowest BCUT2D eigenvalue weighted by Gasteiger charge is -2.06. The van der Waals surface area contributed by atoms with Gasteiger partial charge in [-0.2, -0.15) is 0 Å². The van der Waals surface area contributed by atoms with Crippen LogP contribution in [-0.2, 0) is 11.2 Å². The van der Waals surface area contributed by atoms with Crippen molar-refractivity contribution in [1.82, 2.24) is 20.2 Å². The molecule has 0 atom stereocenters. The molecule has 2 aromatic rings. The summed E-state index contributed by atoms with van der Waals surface area (Å²) in [4.78, 5) is 11.8. The van der Waals surface area contributed by atoms with Gasteiger partial charge in [0.15, 0.2) is 0 Å². The van der Waals surface area contributed by atoms with E-state index in [4.69, 9.17) is 10.6 Å². The number of aryl methyl sites for hydroxylation is 1. The fraction of sp³-hybridized carbons (Fsp3) is 0.357. The number of nitrogens with two attached hydrogens (primary N) is 1. The lowest BCUT2D eigenvalue weighted by Crippen LogP contribution is -2.27. The number of ether oxygens (including phenoxy) is 1. The number of methoxy groups -OCH3 is 1. The standard InChI is InChI=1S/C14H19N5O2S/c1-10-17-18-14(19(10)15)22-9-13(20)16-8-7-11-3-5-12(21-2)6-4-11/h3-6H,7-9,15H2,1-2H3,(H,16,20). The van der Waals surface area contributed by atoms with Crippen LogP contribution in [0.3, 0.4) is 0 Å². The number of rotatable bonds is 7. The number of nitrogens with zero attached hydrogens (tertiary/aromatic N) is 3. The maximum Gasteiger partial charge on any atom is 0.230 e. The summed E-state index contributed by atoms with van der Waals surface area (Å²) in [5, 5.41) is 11.1. The maximum atomic E-state index is 11.8. The van der Waals surface area contributed by atoms with Crippen LogP contribution in [0.4, 0.5) is 0 Å². The summed E-state index contributed by atoms with van der Waals surface area (Å²) in [6.45, 7) is 2.34. The Morgan fingerprint density at radius 2 is 2.09 bits per heavy atom. The van der Waals surface area contributed by atoms with Crippen LogP contribution < -0.4 is 15.9 Å². The quantitative estimate of drug-likeness (QED) is 0.577. The molecule has 1 aromatic heterocycles. The molecule has 0 spiro atoms. The molecule has 0 saturated heterocycles. The highest BCUT2D eigenvalue weighted by atomic mass is 32.2. The molecular formula is C14H19N5O2S. The molecular weight excluding hydrogens is 302 g/mol. The molecule has 118 valence electrons. The van der Waals surface area contributed by atoms with Gasteiger partial charge in [-0.25, -0.2) is 4.68 Å². The Hall–Kier alpha value is -2.22. The van der Waals surface area contributed by atoms with Gasteiger partial charge < -0.3 is 15.9 Å². The van der Waals surface area contributed by atoms with Gasteiger partial charge in [0, 0.05) is 6.54 Å². The summed E-state index contributed by atoms with van der Waals surface area (Å²) in [5.74, 6) is 7.36. The lowest BCUT2D eigenvalue weighted by atomic mass is 10.1. The van der Waals surface area contributed by atoms with E-state index in [1.54, 1.807) is 14.0 Å². The maximum absolute atomic E-state index is 11.8. The van der Waals surface area contributed by atoms with E-state index in [9.17, 15) is 4.79 Å². The summed E-state index contributed by atoms with van der Waals surface area (Å²) < 4.78 is 6.47. The average Bonchev–Trinajstić information content (AvgIpc) is 2.85. The number of amides is 1. The van der Waals surface area contributed by atoms with Crippen molar-refractivity contribution < 1.29 is 9.53 Å². The molecule has 0 unspecified atom stereocenters. The topological polar surface area (TPSA) is 95.1 Å². The van der Waals surface area contributed by atoms with E-state index < -0.39 is 0 Å². The van der Waals surface area contributed by atoms with Gasteiger partial charge in [0.25, 0.3) is 0 Å². The number of carbonyl (C=O) groups excluding carboxylic acids is 1. The van der Waals surface area contributed by atoms with Crippen LogP contribution in [-0.4, -0.2) is 40.2 Å². The van der Waals surface area contributed by atoms with Crippen molar-refractivity contribution in [1.29, 1.82) is 0 Å². The minimum Gasteiger partial charge on any atom is -0.497 e. The van der Waals surface area contributed by atoms with E-state index in [1.807, 2.05) is 24.3 Å². The first kappa shape index (κ1) is 16.2. The Balaban J connectivity index is 1.70. The number of hydrogen-bond acceptors (Lipinski definition) is 6. The predicted molar refractivity (Wildman–Crippen MR) is 85.3 cm³/mol. The molecule has 1 heterocycles. The SMILES string of the molecule is COc1ccc(CCNC(=O)CSc2nnc(C)n2N)cc1. The summed E-state index contributed by atoms with van der Waals surface area (Å²) >= 11 is 1.26. The van der Waals surface area contributed by atoms with Gasteiger partial charge in [-0.1, -0.05) is 23.9 Å². The van der Waals surface area contributed by atoms with Crippen LogP contribution in [0.5, 0.6) is 5.75 Å². The summed E-state index contributed by atoms with van der Waals surface area (Å²) in [5.41, 5.74) is 1.14. The van der Waals surface area contributed by atoms with Crippen molar-refractivity contribution >= 4 is 17.7 Å². The molecule has 0 aliphatic heterocycles. The monoisotopic (exact) mass is 321 g/mol. The second-order valence-electron chi connectivity index (χ2n) is 4.64. The summed E-state index contributed by atoms with van der Waals surface area (Å²) in [7, 11) is 1.64. The third-order valence-corrected chi connectivity index (χ3v) is 4.01. The fourth-order valence-electron chi connectivity index (χ4n) is 1.77. The van der Waals surface area contributed by atoms with E-state index in [2.05, 4.69) is 15.5 Å². The van der Waals surface area contributed by atoms with E-state index in [0.717, 1.165) is 17.7 Å². The Bertz CT molecular complexity index is 627. The first-order valence-corrected chi connectivity index (χ1v) is 7.78. The summed E-state index contributed by atoms with van der Waals surface area (Å²) in [6, 6.07) is 7.78. The average molecular weight is 321 g/mol. The van der Waals surface area contributed by atoms with Crippen LogP contribution in [0.15, 0.2) is 29.4 Å². The van der Waals surface area contributed by atoms with Gasteiger partial charge in [0.05, 0.1) is 12.9 Å². The Labute approximate surface area is 133 Å². The number of nitrogens with one attached hydrogen (secondary N) is 1. The van der Waals surface area contributed by atoms with Crippen LogP contribution in [0.2, 0.25) is 0 Å². The molecule has 0 radical (unpaired) electrons. The Morgan fingerprint density at radius 1 is 1.36 bits per heavy atom. The van der Waals surface area contributed by atoms with Crippen LogP contribution in [0.25, 0.3) is 0 Å². The van der Waals surface area contributed by atoms with E-state index in [0.29, 0.717) is 17.5 Å². The second kappa shape index (κ2) is 7.69. The highest BCUT2D eigenvalue weighted by Gasteiger charge is 2.09. The number of benzene rings is 1. The molecule has 3 N–H and O–H groups in total. The highest BCUT2D eigenvalue weighted by Crippen LogP contribution is 2.13. The number of thioether (sulfide) groups is 1. The van der Waals surface area contributed by atoms with Crippen molar-refractivity contribution in [2.45, 2.75) is 18.5 Å². The molecule has 0 bridgehead atoms. The smallest absolute Gasteiger partial charge is 0.230 e. The van der Waals surface area contributed by atoms with Crippen molar-refractivity contribution in [3.63, 3.8) is 0 Å². The van der Waals surface area contributed by atoms with Gasteiger partial charge in [-0.3, -0.25) is 4.79 Å². The normalized spacial score (nSPS) is 10.5. The Morgan fingerprint density at radius 3 is 2.68 bits per heavy atom. The molecule has 2 rings (SSSR count). The third kappa shape index (κ3) is 4.39. The minimum atomic E-state index is -0.0563. The fourth-order valence-corrected chi connectivity index (χ4v) is 2.50. The van der Waals surface area contributed by atoms with Gasteiger partial charge in [0.2, 0.25) is 11.1 Å². The van der Waals surface area contributed by atoms with Crippen molar-refractivity contribution in [3.05, 3.63) is 35.7 Å². The third-order valence-electron chi connectivity index (χ3n) is 3.06. The first-order valence-electron chi connectivity index (χ1n) is 6.79. The second-order valence-corrected chi connectivity index (χ2v) is 5.58. The first-order chi connectivity index (χ1) is 10.6. The van der Waals surface area contributed by atoms with Gasteiger partial charge >= 0.3 is 0 Å². The van der Waals surface area contributed by atoms with Crippen LogP contribution >= 0.6 is 11.8 Å². The van der Waals surface area contributed by atoms with Gasteiger partial charge in [0.1, 0.15) is 11.6 Å². The molecule has 0 aliphatic rings. The van der Waals surface area contributed by atoms with Gasteiger partial charge in [-0.05, 0) is 31.0 Å². The largest absolute Gasteiger partial charge is 0.497 e. The molecule has 1 amide bonds. The zero-order valence-corrected chi connectivity index (χ0v) is 13.4. The molecule has 1 aromatic carbocycles. The van der Waals surface area contributed by atoms with Crippen LogP contribution in [0, 0.1) is 6.92 Å². The van der Waals surface area contributed by atoms with E-state index in [-0.39, 0.29) is 11.7 Å². The molecule has 0 saturated carbocycles. The van der Waals surface area contributed by atoms with Crippen molar-refractivity contribution in [3.8, 4) is 5.75 Å². The minimum absolute atomic E-state index is 0.0563. The zero-order valence-electron chi connectivity index (χ0n) is 12.6. The molecule has 0 aliphatic carbocycles. The number of carbonyl (C=O) groups is 1. The molecule has 7 nitrogen and oxygen atoms in total. The lowest BCUT2D eigenvalue weighted by molar-refractivity contribution is -0.118. The number of aromatic nitrogens is 3. The molecule has 0 fully saturated rings. The van der Waals surface area contributed by atoms with Crippen LogP contribution in [0.1, 0.15) is 11.4 Å². The van der Waals surface area contributed by atoms with E-state index >= 15 is 0 Å². The van der Waals surface area contributed by atoms with Crippen molar-refractivity contribution in [2.75, 3.05) is 25.3 Å². The number of nitrogen functional groups attached to an aromatic ring is 1. The van der Waals surface area contributed by atoms with Crippen molar-refractivity contribution in [2.24, 2.45) is 0 Å². The predicted octanol–water partition coefficient (Wildman–Crippen LogP) is 0.760. The molecule has 22 heavy (non-hydrogen) atoms. The van der Waals surface area contributed by atoms with Gasteiger partial charge in [-0.15, -0.1) is 10.2 Å².